The van der Waals surface area contributed by atoms with Crippen LogP contribution >= 0.6 is 15.9 Å². The fourth-order valence-corrected chi connectivity index (χ4v) is 6.37. The van der Waals surface area contributed by atoms with Gasteiger partial charge in [0.1, 0.15) is 17.2 Å². The molecule has 2 N–H and O–H groups in total. The highest BCUT2D eigenvalue weighted by atomic mass is 79.9. The van der Waals surface area contributed by atoms with Crippen molar-refractivity contribution in [1.82, 2.24) is 0 Å². The molecular formula is C28H30BrNO5. The molecule has 7 heteroatoms. The van der Waals surface area contributed by atoms with Gasteiger partial charge < -0.3 is 24.5 Å². The average Bonchev–Trinajstić information content (AvgIpc) is 3.25. The molecule has 1 saturated carbocycles. The zero-order valence-corrected chi connectivity index (χ0v) is 21.7. The molecule has 2 aliphatic carbocycles. The molecule has 2 aromatic carbocycles. The minimum absolute atomic E-state index is 0.245. The van der Waals surface area contributed by atoms with Crippen molar-refractivity contribution in [2.45, 2.75) is 44.8 Å². The highest BCUT2D eigenvalue weighted by Crippen LogP contribution is 2.68. The van der Waals surface area contributed by atoms with Gasteiger partial charge in [0.25, 0.3) is 0 Å². The highest BCUT2D eigenvalue weighted by Gasteiger charge is 2.75. The lowest BCUT2D eigenvalue weighted by molar-refractivity contribution is -0.115. The van der Waals surface area contributed by atoms with Crippen molar-refractivity contribution in [3.05, 3.63) is 76.3 Å². The van der Waals surface area contributed by atoms with Crippen molar-refractivity contribution in [1.29, 1.82) is 0 Å². The Morgan fingerprint density at radius 3 is 2.49 bits per heavy atom. The molecule has 0 aromatic heterocycles. The Kier molecular flexibility index (Phi) is 5.96. The first-order valence-corrected chi connectivity index (χ1v) is 12.8. The number of oxime groups is 1. The summed E-state index contributed by atoms with van der Waals surface area (Å²) in [6.45, 7) is 6.84. The van der Waals surface area contributed by atoms with Crippen LogP contribution in [0.2, 0.25) is 0 Å². The van der Waals surface area contributed by atoms with E-state index in [0.717, 1.165) is 16.5 Å². The van der Waals surface area contributed by atoms with Gasteiger partial charge in [0, 0.05) is 28.9 Å². The first-order chi connectivity index (χ1) is 16.8. The van der Waals surface area contributed by atoms with Crippen LogP contribution in [0.25, 0.3) is 0 Å². The van der Waals surface area contributed by atoms with Gasteiger partial charge in [-0.15, -0.1) is 0 Å². The zero-order valence-electron chi connectivity index (χ0n) is 20.1. The van der Waals surface area contributed by atoms with E-state index in [0.29, 0.717) is 42.4 Å². The normalized spacial score (nSPS) is 31.8. The van der Waals surface area contributed by atoms with E-state index in [2.05, 4.69) is 40.2 Å². The highest BCUT2D eigenvalue weighted by molar-refractivity contribution is 9.10. The van der Waals surface area contributed by atoms with Crippen molar-refractivity contribution < 1.29 is 24.5 Å². The lowest BCUT2D eigenvalue weighted by Gasteiger charge is -2.46. The van der Waals surface area contributed by atoms with Crippen molar-refractivity contribution in [3.8, 4) is 17.2 Å². The number of hydrogen-bond acceptors (Lipinski definition) is 6. The number of allylic oxidation sites excluding steroid dienone is 4. The monoisotopic (exact) mass is 539 g/mol. The van der Waals surface area contributed by atoms with E-state index < -0.39 is 11.2 Å². The van der Waals surface area contributed by atoms with Crippen LogP contribution in [0.3, 0.4) is 0 Å². The summed E-state index contributed by atoms with van der Waals surface area (Å²) < 4.78 is 19.6. The summed E-state index contributed by atoms with van der Waals surface area (Å²) in [5, 5.41) is 26.7. The van der Waals surface area contributed by atoms with Gasteiger partial charge in [-0.3, -0.25) is 0 Å². The van der Waals surface area contributed by atoms with Crippen LogP contribution in [0.15, 0.2) is 70.3 Å². The van der Waals surface area contributed by atoms with Crippen molar-refractivity contribution in [3.63, 3.8) is 0 Å². The average molecular weight is 540 g/mol. The minimum Gasteiger partial charge on any atom is -0.494 e. The molecule has 0 radical (unpaired) electrons. The molecular weight excluding hydrogens is 510 g/mol. The Hall–Kier alpha value is -2.77. The molecule has 1 aliphatic heterocycles. The summed E-state index contributed by atoms with van der Waals surface area (Å²) in [5.41, 5.74) is -1.83. The van der Waals surface area contributed by atoms with Crippen molar-refractivity contribution in [2.75, 3.05) is 13.2 Å². The smallest absolute Gasteiger partial charge is 0.182 e. The first kappa shape index (κ1) is 23.9. The van der Waals surface area contributed by atoms with Crippen molar-refractivity contribution in [2.24, 2.45) is 16.5 Å². The van der Waals surface area contributed by atoms with Crippen LogP contribution in [-0.2, 0) is 11.2 Å². The summed E-state index contributed by atoms with van der Waals surface area (Å²) in [6, 6.07) is 11.4. The standard InChI is InChI=1S/C28H30BrNO5/c1-4-33-20-15-21(34-5-2)25-22(16-20)35-28(18-9-11-19(29)12-10-18)23(17-24(30-32)27(25,28)31)26(3)13-7-6-8-14-26/h6-13,15-16,23,31-32H,4-5,14,17H2,1-3H3/b30-24+/t23-,26?,27+,28-/m0/s1. The number of fused-ring (bicyclic) bond motifs is 3. The second kappa shape index (κ2) is 8.71. The lowest BCUT2D eigenvalue weighted by Crippen LogP contribution is -2.54. The molecule has 0 amide bonds. The number of ether oxygens (including phenoxy) is 3. The van der Waals surface area contributed by atoms with Crippen LogP contribution in [0.4, 0.5) is 0 Å². The fraction of sp³-hybridized carbons (Fsp3) is 0.393. The zero-order chi connectivity index (χ0) is 24.8. The third-order valence-electron chi connectivity index (χ3n) is 7.60. The summed E-state index contributed by atoms with van der Waals surface area (Å²) in [7, 11) is 0. The molecule has 0 bridgehead atoms. The number of nitrogens with zero attached hydrogens (tertiary/aromatic N) is 1. The van der Waals surface area contributed by atoms with Gasteiger partial charge in [-0.05, 0) is 43.4 Å². The van der Waals surface area contributed by atoms with Gasteiger partial charge >= 0.3 is 0 Å². The molecule has 35 heavy (non-hydrogen) atoms. The van der Waals surface area contributed by atoms with E-state index in [9.17, 15) is 10.3 Å². The van der Waals surface area contributed by atoms with Gasteiger partial charge in [0.15, 0.2) is 11.2 Å². The first-order valence-electron chi connectivity index (χ1n) is 12.0. The maximum atomic E-state index is 12.8. The maximum absolute atomic E-state index is 12.8. The Labute approximate surface area is 214 Å². The van der Waals surface area contributed by atoms with E-state index in [-0.39, 0.29) is 17.0 Å². The van der Waals surface area contributed by atoms with Gasteiger partial charge in [0.05, 0.1) is 24.5 Å². The fourth-order valence-electron chi connectivity index (χ4n) is 6.10. The molecule has 0 spiro atoms. The Bertz CT molecular complexity index is 1220. The van der Waals surface area contributed by atoms with Crippen LogP contribution in [0.1, 0.15) is 44.7 Å². The Balaban J connectivity index is 1.82. The Morgan fingerprint density at radius 2 is 1.86 bits per heavy atom. The molecule has 1 unspecified atom stereocenters. The third kappa shape index (κ3) is 3.35. The molecule has 184 valence electrons. The maximum Gasteiger partial charge on any atom is 0.182 e. The van der Waals surface area contributed by atoms with E-state index >= 15 is 0 Å². The molecule has 5 rings (SSSR count). The second-order valence-electron chi connectivity index (χ2n) is 9.52. The summed E-state index contributed by atoms with van der Waals surface area (Å²) in [6.07, 6.45) is 9.48. The largest absolute Gasteiger partial charge is 0.494 e. The Morgan fingerprint density at radius 1 is 1.11 bits per heavy atom. The summed E-state index contributed by atoms with van der Waals surface area (Å²) in [4.78, 5) is 0. The van der Waals surface area contributed by atoms with Gasteiger partial charge in [-0.25, -0.2) is 0 Å². The number of aliphatic hydroxyl groups is 1. The number of halogens is 1. The van der Waals surface area contributed by atoms with Gasteiger partial charge in [-0.1, -0.05) is 64.4 Å². The molecule has 0 saturated heterocycles. The van der Waals surface area contributed by atoms with E-state index in [1.807, 2.05) is 50.3 Å². The quantitative estimate of drug-likeness (QED) is 0.342. The molecule has 3 aliphatic rings. The number of benzene rings is 2. The molecule has 4 atom stereocenters. The predicted molar refractivity (Wildman–Crippen MR) is 137 cm³/mol. The molecule has 1 fully saturated rings. The second-order valence-corrected chi connectivity index (χ2v) is 10.4. The molecule has 2 aromatic rings. The lowest BCUT2D eigenvalue weighted by atomic mass is 9.62. The van der Waals surface area contributed by atoms with E-state index in [4.69, 9.17) is 14.2 Å². The SMILES string of the molecule is CCOc1cc(OCC)c2c(c1)O[C@@]1(c3ccc(Br)cc3)[C@H](C3(C)C=CC=CC3)C/C(=N\O)[C@@]21O. The van der Waals surface area contributed by atoms with Gasteiger partial charge in [0.2, 0.25) is 0 Å². The van der Waals surface area contributed by atoms with E-state index in [1.165, 1.54) is 0 Å². The molecule has 6 nitrogen and oxygen atoms in total. The molecule has 1 heterocycles. The number of hydrogen-bond donors (Lipinski definition) is 2. The number of rotatable bonds is 6. The van der Waals surface area contributed by atoms with E-state index in [1.54, 1.807) is 12.1 Å². The minimum atomic E-state index is -1.75. The van der Waals surface area contributed by atoms with Crippen LogP contribution < -0.4 is 14.2 Å². The van der Waals surface area contributed by atoms with Gasteiger partial charge in [-0.2, -0.15) is 0 Å². The van der Waals surface area contributed by atoms with Crippen LogP contribution in [0.5, 0.6) is 17.2 Å². The third-order valence-corrected chi connectivity index (χ3v) is 8.13. The topological polar surface area (TPSA) is 80.5 Å². The van der Waals surface area contributed by atoms with Crippen LogP contribution in [-0.4, -0.2) is 29.2 Å². The summed E-state index contributed by atoms with van der Waals surface area (Å²) >= 11 is 3.53. The van der Waals surface area contributed by atoms with Crippen LogP contribution in [0, 0.1) is 11.3 Å². The predicted octanol–water partition coefficient (Wildman–Crippen LogP) is 6.09. The van der Waals surface area contributed by atoms with Crippen molar-refractivity contribution >= 4 is 21.6 Å². The summed E-state index contributed by atoms with van der Waals surface area (Å²) in [5.74, 6) is 1.27.